The van der Waals surface area contributed by atoms with Crippen molar-refractivity contribution in [2.75, 3.05) is 6.54 Å². The molecule has 0 unspecified atom stereocenters. The Labute approximate surface area is 187 Å². The Balaban J connectivity index is 1.61. The van der Waals surface area contributed by atoms with E-state index in [0.717, 1.165) is 23.2 Å². The molecule has 4 aromatic rings. The van der Waals surface area contributed by atoms with E-state index in [2.05, 4.69) is 29.5 Å². The summed E-state index contributed by atoms with van der Waals surface area (Å²) in [6, 6.07) is 17.1. The van der Waals surface area contributed by atoms with Crippen LogP contribution in [0.4, 0.5) is 0 Å². The van der Waals surface area contributed by atoms with Crippen molar-refractivity contribution in [1.29, 1.82) is 0 Å². The lowest BCUT2D eigenvalue weighted by Crippen LogP contribution is -2.33. The van der Waals surface area contributed by atoms with E-state index in [1.165, 1.54) is 15.8 Å². The van der Waals surface area contributed by atoms with Gasteiger partial charge < -0.3 is 9.88 Å². The van der Waals surface area contributed by atoms with Crippen molar-refractivity contribution in [2.45, 2.75) is 40.2 Å². The summed E-state index contributed by atoms with van der Waals surface area (Å²) >= 11 is 0. The van der Waals surface area contributed by atoms with Gasteiger partial charge in [-0.3, -0.25) is 9.59 Å². The summed E-state index contributed by atoms with van der Waals surface area (Å²) in [5.41, 5.74) is 4.62. The van der Waals surface area contributed by atoms with Crippen LogP contribution in [0.3, 0.4) is 0 Å². The van der Waals surface area contributed by atoms with Gasteiger partial charge in [-0.25, -0.2) is 0 Å². The molecule has 2 aromatic heterocycles. The van der Waals surface area contributed by atoms with Crippen molar-refractivity contribution < 1.29 is 4.79 Å². The number of hydrogen-bond acceptors (Lipinski definition) is 3. The predicted molar refractivity (Wildman–Crippen MR) is 127 cm³/mol. The number of carbonyl (C=O) groups excluding carboxylic acids is 1. The highest BCUT2D eigenvalue weighted by atomic mass is 16.2. The van der Waals surface area contributed by atoms with Gasteiger partial charge in [0, 0.05) is 23.3 Å². The van der Waals surface area contributed by atoms with Crippen molar-refractivity contribution in [3.8, 4) is 5.69 Å². The Morgan fingerprint density at radius 3 is 2.41 bits per heavy atom. The van der Waals surface area contributed by atoms with Crippen LogP contribution in [-0.4, -0.2) is 26.8 Å². The van der Waals surface area contributed by atoms with Gasteiger partial charge in [-0.15, -0.1) is 0 Å². The summed E-state index contributed by atoms with van der Waals surface area (Å²) in [5, 5.41) is 8.80. The minimum absolute atomic E-state index is 0.0681. The van der Waals surface area contributed by atoms with E-state index >= 15 is 0 Å². The maximum absolute atomic E-state index is 13.3. The molecular formula is C26H28N4O2. The Hall–Kier alpha value is -3.67. The van der Waals surface area contributed by atoms with Crippen molar-refractivity contribution >= 4 is 16.7 Å². The van der Waals surface area contributed by atoms with E-state index in [1.54, 1.807) is 6.20 Å². The Kier molecular flexibility index (Phi) is 5.95. The molecule has 0 aliphatic carbocycles. The van der Waals surface area contributed by atoms with Gasteiger partial charge >= 0.3 is 0 Å². The molecule has 0 aliphatic heterocycles. The van der Waals surface area contributed by atoms with E-state index in [1.807, 2.05) is 67.8 Å². The highest BCUT2D eigenvalue weighted by molar-refractivity contribution is 5.89. The van der Waals surface area contributed by atoms with Crippen LogP contribution in [0.1, 0.15) is 35.5 Å². The smallest absolute Gasteiger partial charge is 0.281 e. The monoisotopic (exact) mass is 428 g/mol. The second-order valence-electron chi connectivity index (χ2n) is 8.17. The quantitative estimate of drug-likeness (QED) is 0.504. The Bertz CT molecular complexity index is 1340. The number of fused-ring (bicyclic) bond motifs is 1. The number of para-hydroxylation sites is 1. The molecule has 0 spiro atoms. The van der Waals surface area contributed by atoms with Crippen LogP contribution in [0.25, 0.3) is 16.5 Å². The lowest BCUT2D eigenvalue weighted by molar-refractivity contribution is -0.123. The fourth-order valence-corrected chi connectivity index (χ4v) is 4.39. The SMILES string of the molecule is Cc1ccccc1CCNC(=O)[C@@H](C)n1c(C)c2cnn(-c3ccccc3)c(=O)c2c1C. The van der Waals surface area contributed by atoms with Crippen LogP contribution < -0.4 is 10.9 Å². The van der Waals surface area contributed by atoms with Crippen molar-refractivity contribution in [3.63, 3.8) is 0 Å². The van der Waals surface area contributed by atoms with Gasteiger partial charge in [0.25, 0.3) is 5.56 Å². The molecule has 4 rings (SSSR count). The number of rotatable bonds is 6. The molecule has 0 bridgehead atoms. The molecule has 1 amide bonds. The van der Waals surface area contributed by atoms with Gasteiger partial charge in [-0.1, -0.05) is 42.5 Å². The molecule has 0 fully saturated rings. The van der Waals surface area contributed by atoms with E-state index in [4.69, 9.17) is 0 Å². The van der Waals surface area contributed by atoms with E-state index in [9.17, 15) is 9.59 Å². The zero-order chi connectivity index (χ0) is 22.8. The average molecular weight is 429 g/mol. The van der Waals surface area contributed by atoms with E-state index in [-0.39, 0.29) is 11.5 Å². The fourth-order valence-electron chi connectivity index (χ4n) is 4.39. The lowest BCUT2D eigenvalue weighted by Gasteiger charge is -2.18. The number of carbonyl (C=O) groups is 1. The summed E-state index contributed by atoms with van der Waals surface area (Å²) in [6.07, 6.45) is 2.49. The predicted octanol–water partition coefficient (Wildman–Crippen LogP) is 4.03. The molecule has 0 saturated carbocycles. The fraction of sp³-hybridized carbons (Fsp3) is 0.269. The first kappa shape index (κ1) is 21.6. The van der Waals surface area contributed by atoms with Gasteiger partial charge in [0.1, 0.15) is 6.04 Å². The van der Waals surface area contributed by atoms with E-state index in [0.29, 0.717) is 17.6 Å². The van der Waals surface area contributed by atoms with Crippen LogP contribution in [0.2, 0.25) is 0 Å². The van der Waals surface area contributed by atoms with E-state index < -0.39 is 6.04 Å². The number of aromatic nitrogens is 3. The molecule has 0 saturated heterocycles. The lowest BCUT2D eigenvalue weighted by atomic mass is 10.1. The Morgan fingerprint density at radius 1 is 1.00 bits per heavy atom. The third kappa shape index (κ3) is 3.84. The normalized spacial score (nSPS) is 12.1. The number of aryl methyl sites for hydroxylation is 3. The van der Waals surface area contributed by atoms with Crippen LogP contribution >= 0.6 is 0 Å². The minimum Gasteiger partial charge on any atom is -0.354 e. The highest BCUT2D eigenvalue weighted by Crippen LogP contribution is 2.26. The summed E-state index contributed by atoms with van der Waals surface area (Å²) in [6.45, 7) is 8.33. The van der Waals surface area contributed by atoms with Gasteiger partial charge in [0.2, 0.25) is 5.91 Å². The van der Waals surface area contributed by atoms with Crippen LogP contribution in [0.15, 0.2) is 65.6 Å². The van der Waals surface area contributed by atoms with Crippen molar-refractivity contribution in [3.05, 3.63) is 93.7 Å². The van der Waals surface area contributed by atoms with Crippen LogP contribution in [0, 0.1) is 20.8 Å². The maximum atomic E-state index is 13.3. The number of nitrogens with zero attached hydrogens (tertiary/aromatic N) is 3. The summed E-state index contributed by atoms with van der Waals surface area (Å²) in [7, 11) is 0. The maximum Gasteiger partial charge on any atom is 0.281 e. The largest absolute Gasteiger partial charge is 0.354 e. The first-order chi connectivity index (χ1) is 15.4. The summed E-state index contributed by atoms with van der Waals surface area (Å²) in [5.74, 6) is -0.0681. The molecule has 2 heterocycles. The third-order valence-corrected chi connectivity index (χ3v) is 6.17. The van der Waals surface area contributed by atoms with Gasteiger partial charge in [-0.05, 0) is 57.4 Å². The molecule has 2 aromatic carbocycles. The third-order valence-electron chi connectivity index (χ3n) is 6.17. The number of nitrogens with one attached hydrogen (secondary N) is 1. The molecule has 32 heavy (non-hydrogen) atoms. The van der Waals surface area contributed by atoms with Crippen molar-refractivity contribution in [1.82, 2.24) is 19.7 Å². The van der Waals surface area contributed by atoms with Crippen LogP contribution in [-0.2, 0) is 11.2 Å². The molecule has 0 aliphatic rings. The summed E-state index contributed by atoms with van der Waals surface area (Å²) in [4.78, 5) is 26.2. The standard InChI is InChI=1S/C26H28N4O2/c1-17-10-8-9-11-21(17)14-15-27-25(31)20(4)29-18(2)23-16-28-30(22-12-6-5-7-13-22)26(32)24(23)19(29)3/h5-13,16,20H,14-15H2,1-4H3,(H,27,31)/t20-/m1/s1. The molecule has 6 heteroatoms. The van der Waals surface area contributed by atoms with Gasteiger partial charge in [0.05, 0.1) is 17.3 Å². The highest BCUT2D eigenvalue weighted by Gasteiger charge is 2.23. The molecule has 6 nitrogen and oxygen atoms in total. The van der Waals surface area contributed by atoms with Crippen molar-refractivity contribution in [2.24, 2.45) is 0 Å². The first-order valence-electron chi connectivity index (χ1n) is 10.9. The zero-order valence-electron chi connectivity index (χ0n) is 18.9. The Morgan fingerprint density at radius 2 is 1.69 bits per heavy atom. The topological polar surface area (TPSA) is 68.9 Å². The summed E-state index contributed by atoms with van der Waals surface area (Å²) < 4.78 is 3.35. The molecule has 164 valence electrons. The average Bonchev–Trinajstić information content (AvgIpc) is 3.05. The zero-order valence-corrected chi connectivity index (χ0v) is 18.9. The first-order valence-corrected chi connectivity index (χ1v) is 10.9. The molecular weight excluding hydrogens is 400 g/mol. The molecule has 1 N–H and O–H groups in total. The minimum atomic E-state index is -0.441. The molecule has 0 radical (unpaired) electrons. The number of hydrogen-bond donors (Lipinski definition) is 1. The number of benzene rings is 2. The van der Waals surface area contributed by atoms with Crippen LogP contribution in [0.5, 0.6) is 0 Å². The molecule has 1 atom stereocenters. The second-order valence-corrected chi connectivity index (χ2v) is 8.17. The second kappa shape index (κ2) is 8.83. The number of amides is 1. The van der Waals surface area contributed by atoms with Gasteiger partial charge in [0.15, 0.2) is 0 Å². The van der Waals surface area contributed by atoms with Gasteiger partial charge in [-0.2, -0.15) is 9.78 Å².